The normalized spacial score (nSPS) is 22.3. The van der Waals surface area contributed by atoms with Crippen molar-refractivity contribution in [1.82, 2.24) is 15.5 Å². The molecule has 154 valence electrons. The summed E-state index contributed by atoms with van der Waals surface area (Å²) in [5.41, 5.74) is 1.16. The lowest BCUT2D eigenvalue weighted by Gasteiger charge is -2.24. The highest BCUT2D eigenvalue weighted by Crippen LogP contribution is 2.24. The van der Waals surface area contributed by atoms with Gasteiger partial charge in [0.25, 0.3) is 0 Å². The van der Waals surface area contributed by atoms with Gasteiger partial charge in [0.2, 0.25) is 5.91 Å². The molecule has 0 aromatic heterocycles. The fourth-order valence-electron chi connectivity index (χ4n) is 3.69. The van der Waals surface area contributed by atoms with E-state index < -0.39 is 0 Å². The summed E-state index contributed by atoms with van der Waals surface area (Å²) in [6.07, 6.45) is 4.26. The first-order valence-electron chi connectivity index (χ1n) is 9.16. The SMILES string of the molecule is COc1cc(CN2CCC(NC(=O)[C@H]3CCCCN3)C2)cc(OC)c1.Cl.Cl. The molecule has 6 nitrogen and oxygen atoms in total. The van der Waals surface area contributed by atoms with Gasteiger partial charge in [-0.05, 0) is 43.5 Å². The standard InChI is InChI=1S/C19H29N3O3.2ClH/c1-24-16-9-14(10-17(11-16)25-2)12-22-8-6-15(13-22)21-19(23)18-5-3-4-7-20-18;;/h9-11,15,18,20H,3-8,12-13H2,1-2H3,(H,21,23);2*1H/t15?,18-;;/m1../s1. The number of likely N-dealkylation sites (tertiary alicyclic amines) is 1. The van der Waals surface area contributed by atoms with Crippen LogP contribution in [0.1, 0.15) is 31.2 Å². The number of hydrogen-bond acceptors (Lipinski definition) is 5. The molecule has 8 heteroatoms. The van der Waals surface area contributed by atoms with Gasteiger partial charge in [0.05, 0.1) is 20.3 Å². The van der Waals surface area contributed by atoms with E-state index >= 15 is 0 Å². The first kappa shape index (κ1) is 23.8. The highest BCUT2D eigenvalue weighted by Gasteiger charge is 2.27. The molecule has 0 bridgehead atoms. The van der Waals surface area contributed by atoms with Gasteiger partial charge in [-0.2, -0.15) is 0 Å². The number of amides is 1. The lowest BCUT2D eigenvalue weighted by atomic mass is 10.0. The summed E-state index contributed by atoms with van der Waals surface area (Å²) in [5, 5.41) is 6.53. The number of carbonyl (C=O) groups is 1. The average Bonchev–Trinajstić information content (AvgIpc) is 3.08. The van der Waals surface area contributed by atoms with Gasteiger partial charge in [-0.25, -0.2) is 0 Å². The van der Waals surface area contributed by atoms with Crippen molar-refractivity contribution in [2.45, 2.75) is 44.3 Å². The number of carbonyl (C=O) groups excluding carboxylic acids is 1. The van der Waals surface area contributed by atoms with Crippen molar-refractivity contribution in [2.75, 3.05) is 33.9 Å². The van der Waals surface area contributed by atoms with Crippen molar-refractivity contribution in [3.8, 4) is 11.5 Å². The maximum atomic E-state index is 12.4. The molecule has 1 aromatic rings. The third-order valence-corrected chi connectivity index (χ3v) is 5.06. The van der Waals surface area contributed by atoms with Gasteiger partial charge in [-0.3, -0.25) is 9.69 Å². The van der Waals surface area contributed by atoms with E-state index in [4.69, 9.17) is 9.47 Å². The molecule has 0 spiro atoms. The van der Waals surface area contributed by atoms with E-state index in [1.165, 1.54) is 6.42 Å². The fraction of sp³-hybridized carbons (Fsp3) is 0.632. The molecule has 2 heterocycles. The highest BCUT2D eigenvalue weighted by molar-refractivity contribution is 5.85. The van der Waals surface area contributed by atoms with Crippen molar-refractivity contribution < 1.29 is 14.3 Å². The van der Waals surface area contributed by atoms with Crippen LogP contribution in [0.5, 0.6) is 11.5 Å². The molecule has 0 saturated carbocycles. The molecule has 2 N–H and O–H groups in total. The molecule has 0 radical (unpaired) electrons. The molecule has 0 aliphatic carbocycles. The van der Waals surface area contributed by atoms with Gasteiger partial charge in [0, 0.05) is 31.7 Å². The Labute approximate surface area is 174 Å². The maximum absolute atomic E-state index is 12.4. The van der Waals surface area contributed by atoms with Crippen LogP contribution in [-0.4, -0.2) is 56.7 Å². The van der Waals surface area contributed by atoms with Crippen LogP contribution < -0.4 is 20.1 Å². The molecule has 1 amide bonds. The van der Waals surface area contributed by atoms with Crippen LogP contribution in [0.15, 0.2) is 18.2 Å². The summed E-state index contributed by atoms with van der Waals surface area (Å²) in [7, 11) is 3.33. The molecular formula is C19H31Cl2N3O3. The van der Waals surface area contributed by atoms with Crippen LogP contribution in [-0.2, 0) is 11.3 Å². The van der Waals surface area contributed by atoms with Crippen molar-refractivity contribution in [1.29, 1.82) is 0 Å². The lowest BCUT2D eigenvalue weighted by Crippen LogP contribution is -2.50. The second kappa shape index (κ2) is 11.6. The van der Waals surface area contributed by atoms with Gasteiger partial charge in [-0.1, -0.05) is 6.42 Å². The minimum atomic E-state index is -0.00885. The average molecular weight is 420 g/mol. The summed E-state index contributed by atoms with van der Waals surface area (Å²) >= 11 is 0. The van der Waals surface area contributed by atoms with Crippen molar-refractivity contribution in [3.63, 3.8) is 0 Å². The molecule has 2 atom stereocenters. The molecule has 2 aliphatic rings. The van der Waals surface area contributed by atoms with Gasteiger partial charge >= 0.3 is 0 Å². The second-order valence-electron chi connectivity index (χ2n) is 6.95. The Kier molecular flexibility index (Phi) is 10.2. The zero-order valence-corrected chi connectivity index (χ0v) is 17.7. The predicted molar refractivity (Wildman–Crippen MR) is 112 cm³/mol. The van der Waals surface area contributed by atoms with Gasteiger partial charge in [0.1, 0.15) is 11.5 Å². The Balaban J connectivity index is 0.00000182. The molecule has 2 aliphatic heterocycles. The summed E-state index contributed by atoms with van der Waals surface area (Å²) in [6.45, 7) is 3.66. The van der Waals surface area contributed by atoms with E-state index in [-0.39, 0.29) is 42.8 Å². The number of methoxy groups -OCH3 is 2. The highest BCUT2D eigenvalue weighted by atomic mass is 35.5. The van der Waals surface area contributed by atoms with E-state index in [2.05, 4.69) is 15.5 Å². The predicted octanol–water partition coefficient (Wildman–Crippen LogP) is 2.38. The first-order valence-corrected chi connectivity index (χ1v) is 9.16. The zero-order chi connectivity index (χ0) is 17.6. The summed E-state index contributed by atoms with van der Waals surface area (Å²) < 4.78 is 10.7. The summed E-state index contributed by atoms with van der Waals surface area (Å²) in [5.74, 6) is 1.78. The van der Waals surface area contributed by atoms with Crippen LogP contribution in [0.25, 0.3) is 0 Å². The topological polar surface area (TPSA) is 62.8 Å². The van der Waals surface area contributed by atoms with Crippen molar-refractivity contribution >= 4 is 30.7 Å². The van der Waals surface area contributed by atoms with E-state index in [1.54, 1.807) is 14.2 Å². The maximum Gasteiger partial charge on any atom is 0.237 e. The molecule has 3 rings (SSSR count). The van der Waals surface area contributed by atoms with Gasteiger partial charge < -0.3 is 20.1 Å². The fourth-order valence-corrected chi connectivity index (χ4v) is 3.69. The Morgan fingerprint density at radius 2 is 1.85 bits per heavy atom. The summed E-state index contributed by atoms with van der Waals surface area (Å²) in [4.78, 5) is 14.7. The van der Waals surface area contributed by atoms with E-state index in [1.807, 2.05) is 18.2 Å². The van der Waals surface area contributed by atoms with Crippen molar-refractivity contribution in [2.24, 2.45) is 0 Å². The number of ether oxygens (including phenoxy) is 2. The molecule has 1 aromatic carbocycles. The number of halogens is 2. The number of hydrogen-bond donors (Lipinski definition) is 2. The smallest absolute Gasteiger partial charge is 0.237 e. The Morgan fingerprint density at radius 1 is 1.15 bits per heavy atom. The zero-order valence-electron chi connectivity index (χ0n) is 16.0. The quantitative estimate of drug-likeness (QED) is 0.740. The lowest BCUT2D eigenvalue weighted by molar-refractivity contribution is -0.124. The first-order chi connectivity index (χ1) is 12.2. The molecular weight excluding hydrogens is 389 g/mol. The van der Waals surface area contributed by atoms with Crippen LogP contribution in [0.4, 0.5) is 0 Å². The van der Waals surface area contributed by atoms with Gasteiger partial charge in [0.15, 0.2) is 0 Å². The Bertz CT molecular complexity index is 575. The van der Waals surface area contributed by atoms with E-state index in [0.717, 1.165) is 62.5 Å². The monoisotopic (exact) mass is 419 g/mol. The third-order valence-electron chi connectivity index (χ3n) is 5.06. The van der Waals surface area contributed by atoms with Crippen LogP contribution in [0.2, 0.25) is 0 Å². The Morgan fingerprint density at radius 3 is 2.44 bits per heavy atom. The number of nitrogens with one attached hydrogen (secondary N) is 2. The van der Waals surface area contributed by atoms with Crippen LogP contribution in [0.3, 0.4) is 0 Å². The third kappa shape index (κ3) is 6.71. The second-order valence-corrected chi connectivity index (χ2v) is 6.95. The van der Waals surface area contributed by atoms with E-state index in [9.17, 15) is 4.79 Å². The minimum absolute atomic E-state index is 0. The number of nitrogens with zero attached hydrogens (tertiary/aromatic N) is 1. The molecule has 2 fully saturated rings. The number of rotatable bonds is 6. The largest absolute Gasteiger partial charge is 0.497 e. The molecule has 27 heavy (non-hydrogen) atoms. The minimum Gasteiger partial charge on any atom is -0.497 e. The molecule has 1 unspecified atom stereocenters. The van der Waals surface area contributed by atoms with Crippen LogP contribution >= 0.6 is 24.8 Å². The summed E-state index contributed by atoms with van der Waals surface area (Å²) in [6, 6.07) is 6.20. The van der Waals surface area contributed by atoms with E-state index in [0.29, 0.717) is 0 Å². The Hall–Kier alpha value is -1.21. The van der Waals surface area contributed by atoms with Crippen molar-refractivity contribution in [3.05, 3.63) is 23.8 Å². The molecule has 2 saturated heterocycles. The number of benzene rings is 1. The van der Waals surface area contributed by atoms with Gasteiger partial charge in [-0.15, -0.1) is 24.8 Å². The van der Waals surface area contributed by atoms with Crippen LogP contribution in [0, 0.1) is 0 Å². The number of piperidine rings is 1.